The highest BCUT2D eigenvalue weighted by Crippen LogP contribution is 2.32. The molecule has 0 radical (unpaired) electrons. The molecule has 0 bridgehead atoms. The molecule has 1 aromatic heterocycles. The van der Waals surface area contributed by atoms with Crippen molar-refractivity contribution in [2.75, 3.05) is 7.11 Å². The molecule has 1 heterocycles. The minimum Gasteiger partial charge on any atom is -0.371 e. The third-order valence-electron chi connectivity index (χ3n) is 3.44. The van der Waals surface area contributed by atoms with Crippen molar-refractivity contribution in [3.05, 3.63) is 29.6 Å². The van der Waals surface area contributed by atoms with Gasteiger partial charge < -0.3 is 9.72 Å². The van der Waals surface area contributed by atoms with E-state index in [1.807, 2.05) is 13.8 Å². The van der Waals surface area contributed by atoms with Gasteiger partial charge in [0.1, 0.15) is 11.4 Å². The van der Waals surface area contributed by atoms with Gasteiger partial charge in [0.25, 0.3) is 0 Å². The van der Waals surface area contributed by atoms with E-state index >= 15 is 0 Å². The first-order valence-corrected chi connectivity index (χ1v) is 5.93. The van der Waals surface area contributed by atoms with Gasteiger partial charge in [-0.1, -0.05) is 6.92 Å². The molecule has 0 saturated carbocycles. The van der Waals surface area contributed by atoms with Crippen molar-refractivity contribution < 1.29 is 17.9 Å². The number of aromatic amines is 1. The van der Waals surface area contributed by atoms with Crippen LogP contribution in [0.4, 0.5) is 13.2 Å². The molecule has 1 unspecified atom stereocenters. The number of hydrogen-bond donors (Lipinski definition) is 1. The monoisotopic (exact) mass is 272 g/mol. The number of H-pyrrole nitrogens is 1. The van der Waals surface area contributed by atoms with Crippen LogP contribution in [-0.4, -0.2) is 17.1 Å². The zero-order chi connectivity index (χ0) is 14.3. The Hall–Kier alpha value is -1.56. The van der Waals surface area contributed by atoms with Crippen LogP contribution in [0.2, 0.25) is 0 Å². The van der Waals surface area contributed by atoms with Crippen LogP contribution in [0, 0.1) is 0 Å². The summed E-state index contributed by atoms with van der Waals surface area (Å²) in [6.07, 6.45) is -3.69. The maximum absolute atomic E-state index is 12.6. The minimum atomic E-state index is -4.35. The number of ether oxygens (including phenoxy) is 1. The standard InChI is InChI=1S/C13H15F3N2O/c1-4-12(2,19-3)11-17-9-6-5-8(13(14,15)16)7-10(9)18-11/h5-7H,4H2,1-3H3,(H,17,18). The Morgan fingerprint density at radius 3 is 2.53 bits per heavy atom. The lowest BCUT2D eigenvalue weighted by molar-refractivity contribution is -0.137. The lowest BCUT2D eigenvalue weighted by Crippen LogP contribution is -2.24. The summed E-state index contributed by atoms with van der Waals surface area (Å²) in [5.41, 5.74) is -0.454. The lowest BCUT2D eigenvalue weighted by Gasteiger charge is -2.23. The molecule has 1 atom stereocenters. The molecular formula is C13H15F3N2O. The van der Waals surface area contributed by atoms with E-state index in [4.69, 9.17) is 4.74 Å². The van der Waals surface area contributed by atoms with Crippen molar-refractivity contribution >= 4 is 11.0 Å². The average Bonchev–Trinajstić information content (AvgIpc) is 2.80. The molecule has 0 saturated heterocycles. The van der Waals surface area contributed by atoms with E-state index in [9.17, 15) is 13.2 Å². The topological polar surface area (TPSA) is 37.9 Å². The lowest BCUT2D eigenvalue weighted by atomic mass is 10.0. The molecule has 2 aromatic rings. The summed E-state index contributed by atoms with van der Waals surface area (Å²) >= 11 is 0. The first-order chi connectivity index (χ1) is 8.80. The molecule has 2 rings (SSSR count). The summed E-state index contributed by atoms with van der Waals surface area (Å²) in [7, 11) is 1.55. The normalized spacial score (nSPS) is 15.7. The predicted molar refractivity (Wildman–Crippen MR) is 65.7 cm³/mol. The summed E-state index contributed by atoms with van der Waals surface area (Å²) in [6, 6.07) is 3.46. The van der Waals surface area contributed by atoms with Gasteiger partial charge >= 0.3 is 6.18 Å². The number of imidazole rings is 1. The maximum Gasteiger partial charge on any atom is 0.416 e. The van der Waals surface area contributed by atoms with Crippen molar-refractivity contribution in [1.82, 2.24) is 9.97 Å². The Bertz CT molecular complexity index is 585. The van der Waals surface area contributed by atoms with Gasteiger partial charge in [0, 0.05) is 7.11 Å². The van der Waals surface area contributed by atoms with E-state index in [0.29, 0.717) is 23.3 Å². The molecule has 0 aliphatic carbocycles. The number of benzene rings is 1. The van der Waals surface area contributed by atoms with Crippen LogP contribution in [0.3, 0.4) is 0 Å². The van der Waals surface area contributed by atoms with E-state index in [1.165, 1.54) is 6.07 Å². The summed E-state index contributed by atoms with van der Waals surface area (Å²) in [5.74, 6) is 0.534. The van der Waals surface area contributed by atoms with Gasteiger partial charge in [-0.05, 0) is 31.5 Å². The number of halogens is 3. The van der Waals surface area contributed by atoms with Gasteiger partial charge in [0.15, 0.2) is 0 Å². The van der Waals surface area contributed by atoms with E-state index in [2.05, 4.69) is 9.97 Å². The predicted octanol–water partition coefficient (Wildman–Crippen LogP) is 3.85. The van der Waals surface area contributed by atoms with Crippen molar-refractivity contribution in [3.63, 3.8) is 0 Å². The minimum absolute atomic E-state index is 0.363. The molecule has 1 aromatic carbocycles. The van der Waals surface area contributed by atoms with Gasteiger partial charge in [-0.2, -0.15) is 13.2 Å². The molecule has 1 N–H and O–H groups in total. The largest absolute Gasteiger partial charge is 0.416 e. The van der Waals surface area contributed by atoms with Crippen molar-refractivity contribution in [2.24, 2.45) is 0 Å². The summed E-state index contributed by atoms with van der Waals surface area (Å²) in [4.78, 5) is 7.22. The van der Waals surface area contributed by atoms with Crippen molar-refractivity contribution in [1.29, 1.82) is 0 Å². The fourth-order valence-electron chi connectivity index (χ4n) is 1.84. The number of hydrogen-bond acceptors (Lipinski definition) is 2. The second kappa shape index (κ2) is 4.52. The second-order valence-electron chi connectivity index (χ2n) is 4.60. The molecular weight excluding hydrogens is 257 g/mol. The SMILES string of the molecule is CCC(C)(OC)c1nc2ccc(C(F)(F)F)cc2[nH]1. The molecule has 0 amide bonds. The summed E-state index contributed by atoms with van der Waals surface area (Å²) < 4.78 is 43.3. The van der Waals surface area contributed by atoms with Gasteiger partial charge in [-0.25, -0.2) is 4.98 Å². The highest BCUT2D eigenvalue weighted by atomic mass is 19.4. The number of alkyl halides is 3. The van der Waals surface area contributed by atoms with Crippen LogP contribution in [0.1, 0.15) is 31.7 Å². The Labute approximate surface area is 108 Å². The molecule has 3 nitrogen and oxygen atoms in total. The van der Waals surface area contributed by atoms with Crippen LogP contribution in [-0.2, 0) is 16.5 Å². The number of methoxy groups -OCH3 is 1. The van der Waals surface area contributed by atoms with E-state index < -0.39 is 17.3 Å². The Morgan fingerprint density at radius 1 is 1.32 bits per heavy atom. The highest BCUT2D eigenvalue weighted by molar-refractivity contribution is 5.76. The fraction of sp³-hybridized carbons (Fsp3) is 0.462. The van der Waals surface area contributed by atoms with Gasteiger partial charge in [0.2, 0.25) is 0 Å². The maximum atomic E-state index is 12.6. The molecule has 6 heteroatoms. The second-order valence-corrected chi connectivity index (χ2v) is 4.60. The van der Waals surface area contributed by atoms with Crippen LogP contribution in [0.15, 0.2) is 18.2 Å². The van der Waals surface area contributed by atoms with Crippen LogP contribution in [0.25, 0.3) is 11.0 Å². The smallest absolute Gasteiger partial charge is 0.371 e. The van der Waals surface area contributed by atoms with Gasteiger partial charge in [-0.15, -0.1) is 0 Å². The molecule has 104 valence electrons. The van der Waals surface area contributed by atoms with Gasteiger partial charge in [0.05, 0.1) is 16.6 Å². The molecule has 0 fully saturated rings. The quantitative estimate of drug-likeness (QED) is 0.921. The zero-order valence-corrected chi connectivity index (χ0v) is 10.9. The van der Waals surface area contributed by atoms with E-state index in [-0.39, 0.29) is 0 Å². The average molecular weight is 272 g/mol. The molecule has 0 aliphatic rings. The number of aromatic nitrogens is 2. The highest BCUT2D eigenvalue weighted by Gasteiger charge is 2.32. The fourth-order valence-corrected chi connectivity index (χ4v) is 1.84. The number of fused-ring (bicyclic) bond motifs is 1. The van der Waals surface area contributed by atoms with Crippen molar-refractivity contribution in [3.8, 4) is 0 Å². The van der Waals surface area contributed by atoms with Crippen LogP contribution < -0.4 is 0 Å². The summed E-state index contributed by atoms with van der Waals surface area (Å²) in [6.45, 7) is 3.77. The third-order valence-corrected chi connectivity index (χ3v) is 3.44. The first-order valence-electron chi connectivity index (χ1n) is 5.93. The molecule has 0 aliphatic heterocycles. The number of rotatable bonds is 3. The zero-order valence-electron chi connectivity index (χ0n) is 10.9. The molecule has 19 heavy (non-hydrogen) atoms. The van der Waals surface area contributed by atoms with Crippen LogP contribution in [0.5, 0.6) is 0 Å². The third kappa shape index (κ3) is 2.45. The van der Waals surface area contributed by atoms with Gasteiger partial charge in [-0.3, -0.25) is 0 Å². The number of nitrogens with one attached hydrogen (secondary N) is 1. The summed E-state index contributed by atoms with van der Waals surface area (Å²) in [5, 5.41) is 0. The first kappa shape index (κ1) is 13.9. The Morgan fingerprint density at radius 2 is 2.00 bits per heavy atom. The Balaban J connectivity index is 2.52. The number of nitrogens with zero attached hydrogens (tertiary/aromatic N) is 1. The van der Waals surface area contributed by atoms with E-state index in [0.717, 1.165) is 12.1 Å². The van der Waals surface area contributed by atoms with E-state index in [1.54, 1.807) is 7.11 Å². The van der Waals surface area contributed by atoms with Crippen molar-refractivity contribution in [2.45, 2.75) is 32.0 Å². The Kier molecular flexibility index (Phi) is 3.30. The molecule has 0 spiro atoms. The van der Waals surface area contributed by atoms with Crippen LogP contribution >= 0.6 is 0 Å².